The quantitative estimate of drug-likeness (QED) is 0.314. The van der Waals surface area contributed by atoms with Crippen molar-refractivity contribution in [2.75, 3.05) is 59.2 Å². The van der Waals surface area contributed by atoms with Crippen LogP contribution in [0.4, 0.5) is 11.5 Å². The number of aromatic nitrogens is 2. The molecule has 2 aromatic carbocycles. The van der Waals surface area contributed by atoms with Gasteiger partial charge in [-0.05, 0) is 0 Å². The molecule has 1 radical (unpaired) electrons. The van der Waals surface area contributed by atoms with Crippen molar-refractivity contribution in [1.82, 2.24) is 24.1 Å². The van der Waals surface area contributed by atoms with E-state index >= 15 is 0 Å². The summed E-state index contributed by atoms with van der Waals surface area (Å²) >= 11 is 5.78. The molecule has 229 valence electrons. The van der Waals surface area contributed by atoms with Crippen LogP contribution in [-0.2, 0) is 27.7 Å². The summed E-state index contributed by atoms with van der Waals surface area (Å²) in [5, 5.41) is 13.3. The molecule has 1 fully saturated rings. The number of nitrogens with one attached hydrogen (secondary N) is 1. The topological polar surface area (TPSA) is 128 Å². The van der Waals surface area contributed by atoms with E-state index in [1.54, 1.807) is 44.3 Å². The van der Waals surface area contributed by atoms with E-state index in [-0.39, 0.29) is 28.9 Å². The van der Waals surface area contributed by atoms with Gasteiger partial charge in [-0.25, -0.2) is 0 Å². The van der Waals surface area contributed by atoms with Crippen molar-refractivity contribution in [3.63, 3.8) is 0 Å². The molecule has 43 heavy (non-hydrogen) atoms. The molecule has 0 bridgehead atoms. The minimum atomic E-state index is -3.84. The summed E-state index contributed by atoms with van der Waals surface area (Å²) in [7, 11) is 1.36. The molecule has 2 N–H and O–H groups in total. The first-order chi connectivity index (χ1) is 20.5. The molecule has 11 nitrogen and oxygen atoms in total. The third kappa shape index (κ3) is 7.33. The molecular weight excluding hydrogens is 655 g/mol. The monoisotopic (exact) mass is 689 g/mol. The maximum absolute atomic E-state index is 13.4. The standard InChI is InChI=1S/C29H35AsClN6O5S/c1-35(2)27(39)18-36-11-8-19-14-22(25(42-3)15-20(19)9-12-36)30-29-32-16-23(31)28(34-29)33-24-6-4-5-7-26(24)43(40,41)37-13-10-21(38)17-37/h4-7,14-16,21,38H,8-13,17-18H2,1-3H3,(H,32,33,34). The van der Waals surface area contributed by atoms with Gasteiger partial charge in [-0.1, -0.05) is 0 Å². The number of carbonyl (C=O) groups excluding carboxylic acids is 1. The van der Waals surface area contributed by atoms with Crippen molar-refractivity contribution < 1.29 is 23.1 Å². The molecule has 1 unspecified atom stereocenters. The number of aliphatic hydroxyl groups is 1. The Balaban J connectivity index is 1.37. The van der Waals surface area contributed by atoms with Crippen LogP contribution < -0.4 is 19.0 Å². The number of halogens is 1. The zero-order valence-electron chi connectivity index (χ0n) is 24.3. The van der Waals surface area contributed by atoms with Crippen molar-refractivity contribution in [2.45, 2.75) is 30.3 Å². The minimum absolute atomic E-state index is 0.0632. The van der Waals surface area contributed by atoms with E-state index in [1.165, 1.54) is 27.7 Å². The van der Waals surface area contributed by atoms with E-state index < -0.39 is 31.9 Å². The second kappa shape index (κ2) is 13.5. The van der Waals surface area contributed by atoms with Crippen molar-refractivity contribution in [2.24, 2.45) is 0 Å². The summed E-state index contributed by atoms with van der Waals surface area (Å²) < 4.78 is 35.4. The number of hydrogen-bond acceptors (Lipinski definition) is 9. The average Bonchev–Trinajstić information content (AvgIpc) is 3.34. The van der Waals surface area contributed by atoms with Crippen LogP contribution in [0.2, 0.25) is 5.02 Å². The Hall–Kier alpha value is -2.73. The second-order valence-corrected chi connectivity index (χ2v) is 15.4. The Kier molecular flexibility index (Phi) is 9.95. The number of para-hydroxylation sites is 1. The Bertz CT molecular complexity index is 1610. The Morgan fingerprint density at radius 1 is 1.19 bits per heavy atom. The summed E-state index contributed by atoms with van der Waals surface area (Å²) in [4.78, 5) is 25.3. The van der Waals surface area contributed by atoms with E-state index in [4.69, 9.17) is 21.3 Å². The number of sulfonamides is 1. The second-order valence-electron chi connectivity index (χ2n) is 10.8. The van der Waals surface area contributed by atoms with E-state index in [1.807, 2.05) is 0 Å². The summed E-state index contributed by atoms with van der Waals surface area (Å²) in [6.07, 6.45) is 2.90. The van der Waals surface area contributed by atoms with Crippen LogP contribution in [0.25, 0.3) is 0 Å². The van der Waals surface area contributed by atoms with Crippen LogP contribution >= 0.6 is 11.6 Å². The van der Waals surface area contributed by atoms with Gasteiger partial charge >= 0.3 is 265 Å². The average molecular weight is 690 g/mol. The van der Waals surface area contributed by atoms with Crippen LogP contribution in [-0.4, -0.2) is 119 Å². The van der Waals surface area contributed by atoms with Crippen molar-refractivity contribution in [3.05, 3.63) is 58.7 Å². The molecule has 14 heteroatoms. The first kappa shape index (κ1) is 31.7. The Morgan fingerprint density at radius 2 is 1.91 bits per heavy atom. The predicted octanol–water partition coefficient (Wildman–Crippen LogP) is 0.781. The van der Waals surface area contributed by atoms with E-state index in [0.29, 0.717) is 29.1 Å². The fraction of sp³-hybridized carbons (Fsp3) is 0.414. The fourth-order valence-electron chi connectivity index (χ4n) is 5.13. The van der Waals surface area contributed by atoms with Gasteiger partial charge in [-0.2, -0.15) is 0 Å². The molecule has 1 saturated heterocycles. The molecule has 0 spiro atoms. The number of ether oxygens (including phenoxy) is 1. The van der Waals surface area contributed by atoms with E-state index in [2.05, 4.69) is 27.3 Å². The SMILES string of the molecule is COc1cc2c(cc1[As]c1ncc(Cl)c(Nc3ccccc3S(=O)(=O)N3CCC(O)C3)n1)CCN(CC(=O)N(C)C)CC2. The molecule has 1 atom stereocenters. The summed E-state index contributed by atoms with van der Waals surface area (Å²) in [5.74, 6) is 1.17. The van der Waals surface area contributed by atoms with Crippen LogP contribution in [0.5, 0.6) is 5.75 Å². The third-order valence-corrected chi connectivity index (χ3v) is 11.9. The number of methoxy groups -OCH3 is 1. The normalized spacial score (nSPS) is 18.0. The zero-order chi connectivity index (χ0) is 30.7. The van der Waals surface area contributed by atoms with Crippen LogP contribution in [0, 0.1) is 0 Å². The molecule has 1 aromatic heterocycles. The molecule has 3 heterocycles. The maximum atomic E-state index is 13.4. The number of β-amino-alcohol motifs (C(OH)–C–C–N with tert-alkyl or cyclic N) is 1. The van der Waals surface area contributed by atoms with Gasteiger partial charge in [-0.3, -0.25) is 0 Å². The molecule has 1 amide bonds. The van der Waals surface area contributed by atoms with Crippen LogP contribution in [0.3, 0.4) is 0 Å². The van der Waals surface area contributed by atoms with Crippen LogP contribution in [0.15, 0.2) is 47.5 Å². The number of nitrogens with zero attached hydrogens (tertiary/aromatic N) is 5. The number of hydrogen-bond donors (Lipinski definition) is 2. The Labute approximate surface area is 263 Å². The number of anilines is 2. The van der Waals surface area contributed by atoms with Gasteiger partial charge < -0.3 is 0 Å². The molecule has 3 aromatic rings. The first-order valence-corrected chi connectivity index (χ1v) is 17.7. The van der Waals surface area contributed by atoms with Gasteiger partial charge in [0.05, 0.1) is 0 Å². The first-order valence-electron chi connectivity index (χ1n) is 14.0. The van der Waals surface area contributed by atoms with Gasteiger partial charge in [0.2, 0.25) is 0 Å². The van der Waals surface area contributed by atoms with E-state index in [0.717, 1.165) is 36.0 Å². The number of aliphatic hydroxyl groups excluding tert-OH is 1. The van der Waals surface area contributed by atoms with E-state index in [9.17, 15) is 18.3 Å². The number of fused-ring (bicyclic) bond motifs is 1. The molecule has 0 saturated carbocycles. The summed E-state index contributed by atoms with van der Waals surface area (Å²) in [5.41, 5.74) is 2.78. The zero-order valence-corrected chi connectivity index (χ0v) is 27.8. The van der Waals surface area contributed by atoms with Gasteiger partial charge in [0.1, 0.15) is 0 Å². The summed E-state index contributed by atoms with van der Waals surface area (Å²) in [6, 6.07) is 10.8. The predicted molar refractivity (Wildman–Crippen MR) is 167 cm³/mol. The molecule has 2 aliphatic rings. The number of amides is 1. The number of benzene rings is 2. The number of likely N-dealkylation sites (N-methyl/N-ethyl adjacent to an activating group) is 1. The molecular formula is C29H35AsClN6O5S. The third-order valence-electron chi connectivity index (χ3n) is 7.59. The van der Waals surface area contributed by atoms with Gasteiger partial charge in [0.25, 0.3) is 0 Å². The summed E-state index contributed by atoms with van der Waals surface area (Å²) in [6.45, 7) is 2.31. The van der Waals surface area contributed by atoms with Gasteiger partial charge in [0.15, 0.2) is 0 Å². The Morgan fingerprint density at radius 3 is 2.58 bits per heavy atom. The molecule has 5 rings (SSSR count). The fourth-order valence-corrected chi connectivity index (χ4v) is 8.94. The van der Waals surface area contributed by atoms with Crippen molar-refractivity contribution in [3.8, 4) is 5.75 Å². The molecule has 2 aliphatic heterocycles. The van der Waals surface area contributed by atoms with Crippen molar-refractivity contribution in [1.29, 1.82) is 0 Å². The molecule has 0 aliphatic carbocycles. The number of carbonyl (C=O) groups is 1. The number of rotatable bonds is 9. The van der Waals surface area contributed by atoms with Gasteiger partial charge in [0, 0.05) is 0 Å². The van der Waals surface area contributed by atoms with Gasteiger partial charge in [-0.15, -0.1) is 0 Å². The van der Waals surface area contributed by atoms with Crippen molar-refractivity contribution >= 4 is 63.8 Å². The van der Waals surface area contributed by atoms with Crippen LogP contribution in [0.1, 0.15) is 17.5 Å².